The fourth-order valence-corrected chi connectivity index (χ4v) is 1.90. The van der Waals surface area contributed by atoms with Crippen molar-refractivity contribution in [3.63, 3.8) is 0 Å². The Morgan fingerprint density at radius 2 is 2.05 bits per heavy atom. The molecule has 0 aromatic carbocycles. The van der Waals surface area contributed by atoms with Crippen LogP contribution in [0.25, 0.3) is 0 Å². The van der Waals surface area contributed by atoms with Gasteiger partial charge in [-0.1, -0.05) is 5.16 Å². The Balaban J connectivity index is 2.07. The number of likely N-dealkylation sites (N-methyl/N-ethyl adjacent to an activating group) is 1. The molecule has 7 heteroatoms. The number of amides is 1. The number of rotatable bonds is 2. The van der Waals surface area contributed by atoms with Crippen LogP contribution in [0.4, 0.5) is 0 Å². The van der Waals surface area contributed by atoms with Gasteiger partial charge in [-0.3, -0.25) is 9.78 Å². The van der Waals surface area contributed by atoms with Gasteiger partial charge in [0, 0.05) is 37.9 Å². The Morgan fingerprint density at radius 3 is 2.58 bits per heavy atom. The third kappa shape index (κ3) is 3.00. The van der Waals surface area contributed by atoms with Gasteiger partial charge in [-0.05, 0) is 19.2 Å². The van der Waals surface area contributed by atoms with Crippen molar-refractivity contribution in [3.05, 3.63) is 29.6 Å². The van der Waals surface area contributed by atoms with Crippen LogP contribution in [-0.2, 0) is 0 Å². The predicted octanol–water partition coefficient (Wildman–Crippen LogP) is -0.436. The van der Waals surface area contributed by atoms with Gasteiger partial charge in [-0.2, -0.15) is 0 Å². The van der Waals surface area contributed by atoms with Gasteiger partial charge in [0.15, 0.2) is 5.84 Å². The van der Waals surface area contributed by atoms with Gasteiger partial charge in [-0.25, -0.2) is 0 Å². The number of nitrogens with zero attached hydrogens (tertiary/aromatic N) is 4. The minimum Gasteiger partial charge on any atom is -0.409 e. The minimum absolute atomic E-state index is 0.0221. The van der Waals surface area contributed by atoms with Crippen molar-refractivity contribution in [1.29, 1.82) is 0 Å². The molecule has 1 aliphatic heterocycles. The molecule has 1 saturated heterocycles. The van der Waals surface area contributed by atoms with Gasteiger partial charge in [-0.15, -0.1) is 0 Å². The molecule has 1 aliphatic rings. The zero-order chi connectivity index (χ0) is 13.8. The summed E-state index contributed by atoms with van der Waals surface area (Å²) in [6.07, 6.45) is 1.43. The minimum atomic E-state index is -0.0841. The first kappa shape index (κ1) is 13.3. The molecule has 2 rings (SSSR count). The maximum absolute atomic E-state index is 12.2. The standard InChI is InChI=1S/C12H17N5O2/c1-16-4-6-17(7-5-16)12(18)10-3-2-9(8-14-10)11(13)15-19/h2-3,8,19H,4-7H2,1H3,(H2,13,15). The molecule has 0 saturated carbocycles. The molecule has 102 valence electrons. The van der Waals surface area contributed by atoms with Gasteiger partial charge in [0.2, 0.25) is 0 Å². The molecular formula is C12H17N5O2. The molecule has 0 aliphatic carbocycles. The van der Waals surface area contributed by atoms with Gasteiger partial charge in [0.05, 0.1) is 0 Å². The van der Waals surface area contributed by atoms with Crippen molar-refractivity contribution in [1.82, 2.24) is 14.8 Å². The number of carbonyl (C=O) groups is 1. The molecule has 19 heavy (non-hydrogen) atoms. The van der Waals surface area contributed by atoms with Gasteiger partial charge >= 0.3 is 0 Å². The lowest BCUT2D eigenvalue weighted by molar-refractivity contribution is 0.0658. The smallest absolute Gasteiger partial charge is 0.272 e. The monoisotopic (exact) mass is 263 g/mol. The van der Waals surface area contributed by atoms with Crippen molar-refractivity contribution in [3.8, 4) is 0 Å². The summed E-state index contributed by atoms with van der Waals surface area (Å²) in [5.41, 5.74) is 6.30. The fourth-order valence-electron chi connectivity index (χ4n) is 1.90. The lowest BCUT2D eigenvalue weighted by atomic mass is 10.2. The third-order valence-corrected chi connectivity index (χ3v) is 3.18. The molecule has 0 bridgehead atoms. The Labute approximate surface area is 111 Å². The highest BCUT2D eigenvalue weighted by molar-refractivity contribution is 5.98. The van der Waals surface area contributed by atoms with E-state index in [-0.39, 0.29) is 11.7 Å². The van der Waals surface area contributed by atoms with Crippen molar-refractivity contribution in [2.45, 2.75) is 0 Å². The predicted molar refractivity (Wildman–Crippen MR) is 70.1 cm³/mol. The molecule has 3 N–H and O–H groups in total. The lowest BCUT2D eigenvalue weighted by Crippen LogP contribution is -2.47. The van der Waals surface area contributed by atoms with Crippen LogP contribution in [0.3, 0.4) is 0 Å². The van der Waals surface area contributed by atoms with Crippen LogP contribution in [-0.4, -0.2) is 65.0 Å². The molecule has 2 heterocycles. The summed E-state index contributed by atoms with van der Waals surface area (Å²) in [6.45, 7) is 3.15. The van der Waals surface area contributed by atoms with E-state index < -0.39 is 0 Å². The van der Waals surface area contributed by atoms with E-state index in [1.807, 2.05) is 7.05 Å². The van der Waals surface area contributed by atoms with Crippen molar-refractivity contribution >= 4 is 11.7 Å². The molecule has 1 fully saturated rings. The van der Waals surface area contributed by atoms with E-state index in [1.54, 1.807) is 17.0 Å². The zero-order valence-electron chi connectivity index (χ0n) is 10.8. The number of hydrogen-bond donors (Lipinski definition) is 2. The van der Waals surface area contributed by atoms with Gasteiger partial charge in [0.25, 0.3) is 5.91 Å². The maximum Gasteiger partial charge on any atom is 0.272 e. The molecule has 7 nitrogen and oxygen atoms in total. The highest BCUT2D eigenvalue weighted by atomic mass is 16.4. The summed E-state index contributed by atoms with van der Waals surface area (Å²) in [6, 6.07) is 3.21. The first-order chi connectivity index (χ1) is 9.11. The number of oxime groups is 1. The largest absolute Gasteiger partial charge is 0.409 e. The Hall–Kier alpha value is -2.15. The second-order valence-corrected chi connectivity index (χ2v) is 4.51. The number of aromatic nitrogens is 1. The van der Waals surface area contributed by atoms with E-state index in [1.165, 1.54) is 6.20 Å². The molecule has 1 amide bonds. The van der Waals surface area contributed by atoms with E-state index in [0.29, 0.717) is 24.3 Å². The van der Waals surface area contributed by atoms with E-state index in [4.69, 9.17) is 10.9 Å². The average Bonchev–Trinajstić information content (AvgIpc) is 2.46. The summed E-state index contributed by atoms with van der Waals surface area (Å²) < 4.78 is 0. The summed E-state index contributed by atoms with van der Waals surface area (Å²) in [7, 11) is 2.03. The first-order valence-corrected chi connectivity index (χ1v) is 6.03. The summed E-state index contributed by atoms with van der Waals surface area (Å²) in [4.78, 5) is 20.2. The summed E-state index contributed by atoms with van der Waals surface area (Å²) in [5, 5.41) is 11.4. The highest BCUT2D eigenvalue weighted by Gasteiger charge is 2.21. The van der Waals surface area contributed by atoms with E-state index in [2.05, 4.69) is 15.0 Å². The fraction of sp³-hybridized carbons (Fsp3) is 0.417. The van der Waals surface area contributed by atoms with Crippen LogP contribution >= 0.6 is 0 Å². The van der Waals surface area contributed by atoms with E-state index in [0.717, 1.165) is 13.1 Å². The Morgan fingerprint density at radius 1 is 1.37 bits per heavy atom. The average molecular weight is 263 g/mol. The number of hydrogen-bond acceptors (Lipinski definition) is 5. The van der Waals surface area contributed by atoms with Crippen LogP contribution in [0, 0.1) is 0 Å². The van der Waals surface area contributed by atoms with Crippen LogP contribution in [0.15, 0.2) is 23.5 Å². The molecule has 0 atom stereocenters. The molecule has 1 aromatic rings. The van der Waals surface area contributed by atoms with E-state index >= 15 is 0 Å². The quantitative estimate of drug-likeness (QED) is 0.326. The summed E-state index contributed by atoms with van der Waals surface area (Å²) in [5.74, 6) is -0.106. The molecular weight excluding hydrogens is 246 g/mol. The van der Waals surface area contributed by atoms with Crippen LogP contribution in [0.2, 0.25) is 0 Å². The zero-order valence-corrected chi connectivity index (χ0v) is 10.8. The van der Waals surface area contributed by atoms with Crippen molar-refractivity contribution < 1.29 is 10.0 Å². The van der Waals surface area contributed by atoms with Crippen molar-refractivity contribution in [2.75, 3.05) is 33.2 Å². The topological polar surface area (TPSA) is 95.0 Å². The lowest BCUT2D eigenvalue weighted by Gasteiger charge is -2.32. The van der Waals surface area contributed by atoms with Crippen LogP contribution in [0.5, 0.6) is 0 Å². The second-order valence-electron chi connectivity index (χ2n) is 4.51. The van der Waals surface area contributed by atoms with Gasteiger partial charge < -0.3 is 20.7 Å². The highest BCUT2D eigenvalue weighted by Crippen LogP contribution is 2.07. The van der Waals surface area contributed by atoms with Gasteiger partial charge in [0.1, 0.15) is 5.69 Å². The molecule has 0 unspecified atom stereocenters. The Kier molecular flexibility index (Phi) is 3.96. The number of nitrogens with two attached hydrogens (primary N) is 1. The van der Waals surface area contributed by atoms with E-state index in [9.17, 15) is 4.79 Å². The summed E-state index contributed by atoms with van der Waals surface area (Å²) >= 11 is 0. The number of pyridine rings is 1. The molecule has 0 spiro atoms. The number of carbonyl (C=O) groups excluding carboxylic acids is 1. The Bertz CT molecular complexity index is 477. The number of amidine groups is 1. The molecule has 0 radical (unpaired) electrons. The maximum atomic E-state index is 12.2. The SMILES string of the molecule is CN1CCN(C(=O)c2ccc(/C(N)=N/O)cn2)CC1. The van der Waals surface area contributed by atoms with Crippen LogP contribution in [0.1, 0.15) is 16.1 Å². The van der Waals surface area contributed by atoms with Crippen molar-refractivity contribution in [2.24, 2.45) is 10.9 Å². The third-order valence-electron chi connectivity index (χ3n) is 3.18. The van der Waals surface area contributed by atoms with Crippen LogP contribution < -0.4 is 5.73 Å². The number of piperazine rings is 1. The first-order valence-electron chi connectivity index (χ1n) is 6.03. The normalized spacial score (nSPS) is 17.5. The molecule has 1 aromatic heterocycles. The second kappa shape index (κ2) is 5.66.